The van der Waals surface area contributed by atoms with Gasteiger partial charge in [-0.05, 0) is 37.8 Å². The van der Waals surface area contributed by atoms with E-state index in [0.29, 0.717) is 0 Å². The third-order valence-electron chi connectivity index (χ3n) is 2.63. The van der Waals surface area contributed by atoms with Crippen LogP contribution in [0.1, 0.15) is 19.3 Å². The number of nitrogens with one attached hydrogen (secondary N) is 1. The quantitative estimate of drug-likeness (QED) is 0.514. The van der Waals surface area contributed by atoms with Crippen LogP contribution in [-0.4, -0.2) is 13.1 Å². The van der Waals surface area contributed by atoms with E-state index in [4.69, 9.17) is 0 Å². The van der Waals surface area contributed by atoms with Crippen molar-refractivity contribution in [2.24, 2.45) is 11.8 Å². The largest absolute Gasteiger partial charge is 0.344 e. The Morgan fingerprint density at radius 2 is 1.56 bits per heavy atom. The van der Waals surface area contributed by atoms with Crippen molar-refractivity contribution in [3.63, 3.8) is 0 Å². The first-order valence-electron chi connectivity index (χ1n) is 3.67. The molecule has 1 saturated carbocycles. The molecule has 54 valence electrons. The lowest BCUT2D eigenvalue weighted by Gasteiger charge is -2.02. The first-order valence-corrected chi connectivity index (χ1v) is 3.67. The molecule has 0 spiro atoms. The van der Waals surface area contributed by atoms with Gasteiger partial charge in [-0.25, -0.2) is 0 Å². The fourth-order valence-electron chi connectivity index (χ4n) is 2.11. The molecule has 0 bridgehead atoms. The number of hydrogen-bond donors (Lipinski definition) is 2. The van der Waals surface area contributed by atoms with Gasteiger partial charge in [0.1, 0.15) is 0 Å². The van der Waals surface area contributed by atoms with Crippen molar-refractivity contribution in [2.45, 2.75) is 19.3 Å². The highest BCUT2D eigenvalue weighted by atomic mass is 14.9. The fourth-order valence-corrected chi connectivity index (χ4v) is 2.11. The van der Waals surface area contributed by atoms with E-state index >= 15 is 0 Å². The maximum absolute atomic E-state index is 3.42. The van der Waals surface area contributed by atoms with E-state index in [1.807, 2.05) is 0 Å². The van der Waals surface area contributed by atoms with Crippen molar-refractivity contribution in [2.75, 3.05) is 13.1 Å². The molecule has 1 aliphatic carbocycles. The molecular weight excluding hydrogens is 112 g/mol. The van der Waals surface area contributed by atoms with Crippen molar-refractivity contribution in [1.82, 2.24) is 11.5 Å². The molecule has 2 rings (SSSR count). The highest BCUT2D eigenvalue weighted by Crippen LogP contribution is 2.33. The van der Waals surface area contributed by atoms with Gasteiger partial charge < -0.3 is 11.5 Å². The van der Waals surface area contributed by atoms with Gasteiger partial charge in [0.05, 0.1) is 0 Å². The minimum atomic E-state index is 0. The van der Waals surface area contributed by atoms with Crippen LogP contribution in [0.25, 0.3) is 0 Å². The van der Waals surface area contributed by atoms with Crippen molar-refractivity contribution >= 4 is 0 Å². The summed E-state index contributed by atoms with van der Waals surface area (Å²) in [6.45, 7) is 2.62. The smallest absolute Gasteiger partial charge is 0.00173 e. The van der Waals surface area contributed by atoms with E-state index in [1.54, 1.807) is 0 Å². The van der Waals surface area contributed by atoms with Crippen LogP contribution in [0.2, 0.25) is 0 Å². The van der Waals surface area contributed by atoms with E-state index < -0.39 is 0 Å². The van der Waals surface area contributed by atoms with Gasteiger partial charge in [-0.15, -0.1) is 0 Å². The van der Waals surface area contributed by atoms with Crippen molar-refractivity contribution in [1.29, 1.82) is 0 Å². The molecule has 2 fully saturated rings. The minimum Gasteiger partial charge on any atom is -0.344 e. The lowest BCUT2D eigenvalue weighted by molar-refractivity contribution is 0.494. The van der Waals surface area contributed by atoms with Crippen molar-refractivity contribution in [3.8, 4) is 0 Å². The minimum absolute atomic E-state index is 0. The Labute approximate surface area is 56.6 Å². The molecule has 0 amide bonds. The molecule has 1 heterocycles. The number of rotatable bonds is 0. The molecule has 2 nitrogen and oxygen atoms in total. The topological polar surface area (TPSA) is 47.0 Å². The molecular formula is C7H16N2. The molecule has 1 aliphatic heterocycles. The van der Waals surface area contributed by atoms with Crippen LogP contribution in [-0.2, 0) is 0 Å². The summed E-state index contributed by atoms with van der Waals surface area (Å²) in [6, 6.07) is 0. The zero-order valence-corrected chi connectivity index (χ0v) is 5.90. The van der Waals surface area contributed by atoms with Gasteiger partial charge in [-0.3, -0.25) is 0 Å². The van der Waals surface area contributed by atoms with Gasteiger partial charge in [0.25, 0.3) is 0 Å². The summed E-state index contributed by atoms with van der Waals surface area (Å²) in [5, 5.41) is 3.42. The van der Waals surface area contributed by atoms with Crippen LogP contribution in [0.3, 0.4) is 0 Å². The Morgan fingerprint density at radius 1 is 1.00 bits per heavy atom. The summed E-state index contributed by atoms with van der Waals surface area (Å²) in [5.74, 6) is 2.13. The standard InChI is InChI=1S/C7H13N.H3N/c1-2-6-4-8-5-7(6)3-1;/h6-8H,1-5H2;1H3. The lowest BCUT2D eigenvalue weighted by atomic mass is 10.0. The Balaban J connectivity index is 0.000000405. The highest BCUT2D eigenvalue weighted by molar-refractivity contribution is 4.85. The molecule has 2 unspecified atom stereocenters. The zero-order valence-electron chi connectivity index (χ0n) is 5.90. The van der Waals surface area contributed by atoms with E-state index in [2.05, 4.69) is 5.32 Å². The number of fused-ring (bicyclic) bond motifs is 1. The molecule has 4 N–H and O–H groups in total. The van der Waals surface area contributed by atoms with Gasteiger partial charge >= 0.3 is 0 Å². The second-order valence-corrected chi connectivity index (χ2v) is 3.11. The second kappa shape index (κ2) is 2.67. The maximum Gasteiger partial charge on any atom is -0.00173 e. The third-order valence-corrected chi connectivity index (χ3v) is 2.63. The summed E-state index contributed by atoms with van der Waals surface area (Å²) in [6.07, 6.45) is 4.49. The molecule has 0 radical (unpaired) electrons. The predicted molar refractivity (Wildman–Crippen MR) is 38.7 cm³/mol. The second-order valence-electron chi connectivity index (χ2n) is 3.11. The Kier molecular flexibility index (Phi) is 2.09. The summed E-state index contributed by atoms with van der Waals surface area (Å²) < 4.78 is 0. The van der Waals surface area contributed by atoms with Crippen LogP contribution >= 0.6 is 0 Å². The lowest BCUT2D eigenvalue weighted by Crippen LogP contribution is -2.08. The van der Waals surface area contributed by atoms with Gasteiger partial charge in [-0.1, -0.05) is 6.42 Å². The SMILES string of the molecule is C1CC2CNCC2C1.N. The first-order chi connectivity index (χ1) is 3.97. The van der Waals surface area contributed by atoms with Crippen molar-refractivity contribution in [3.05, 3.63) is 0 Å². The summed E-state index contributed by atoms with van der Waals surface area (Å²) in [5.41, 5.74) is 0. The van der Waals surface area contributed by atoms with E-state index in [9.17, 15) is 0 Å². The molecule has 2 aliphatic rings. The van der Waals surface area contributed by atoms with Gasteiger partial charge in [0, 0.05) is 0 Å². The molecule has 9 heavy (non-hydrogen) atoms. The van der Waals surface area contributed by atoms with Crippen LogP contribution in [0.5, 0.6) is 0 Å². The molecule has 0 aromatic rings. The molecule has 2 atom stereocenters. The molecule has 2 heteroatoms. The monoisotopic (exact) mass is 128 g/mol. The van der Waals surface area contributed by atoms with Crippen molar-refractivity contribution < 1.29 is 0 Å². The maximum atomic E-state index is 3.42. The Morgan fingerprint density at radius 3 is 2.11 bits per heavy atom. The van der Waals surface area contributed by atoms with Gasteiger partial charge in [-0.2, -0.15) is 0 Å². The van der Waals surface area contributed by atoms with Crippen LogP contribution in [0.4, 0.5) is 0 Å². The van der Waals surface area contributed by atoms with Crippen LogP contribution in [0, 0.1) is 11.8 Å². The van der Waals surface area contributed by atoms with Gasteiger partial charge in [0.2, 0.25) is 0 Å². The van der Waals surface area contributed by atoms with E-state index in [0.717, 1.165) is 11.8 Å². The van der Waals surface area contributed by atoms with Gasteiger partial charge in [0.15, 0.2) is 0 Å². The average molecular weight is 128 g/mol. The third kappa shape index (κ3) is 1.10. The molecule has 1 saturated heterocycles. The van der Waals surface area contributed by atoms with E-state index in [1.165, 1.54) is 32.4 Å². The number of hydrogen-bond acceptors (Lipinski definition) is 2. The first kappa shape index (κ1) is 7.03. The predicted octanol–water partition coefficient (Wildman–Crippen LogP) is 1.17. The summed E-state index contributed by atoms with van der Waals surface area (Å²) >= 11 is 0. The van der Waals surface area contributed by atoms with Crippen LogP contribution in [0.15, 0.2) is 0 Å². The highest BCUT2D eigenvalue weighted by Gasteiger charge is 2.30. The Bertz CT molecular complexity index is 72.9. The van der Waals surface area contributed by atoms with E-state index in [-0.39, 0.29) is 6.15 Å². The van der Waals surface area contributed by atoms with Crippen LogP contribution < -0.4 is 11.5 Å². The summed E-state index contributed by atoms with van der Waals surface area (Å²) in [7, 11) is 0. The summed E-state index contributed by atoms with van der Waals surface area (Å²) in [4.78, 5) is 0. The Hall–Kier alpha value is -0.0800. The normalized spacial score (nSPS) is 40.0. The average Bonchev–Trinajstić information content (AvgIpc) is 2.15. The molecule has 0 aromatic heterocycles. The molecule has 0 aromatic carbocycles. The fraction of sp³-hybridized carbons (Fsp3) is 1.00. The zero-order chi connectivity index (χ0) is 5.40.